The lowest BCUT2D eigenvalue weighted by Crippen LogP contribution is -2.42. The van der Waals surface area contributed by atoms with Crippen molar-refractivity contribution in [3.05, 3.63) is 35.9 Å². The summed E-state index contributed by atoms with van der Waals surface area (Å²) >= 11 is 4.85. The third-order valence-electron chi connectivity index (χ3n) is 2.66. The second-order valence-electron chi connectivity index (χ2n) is 4.32. The minimum atomic E-state index is -0.981. The van der Waals surface area contributed by atoms with E-state index in [0.717, 1.165) is 11.8 Å². The molecular formula is C14H18N2O4S2. The third kappa shape index (κ3) is 6.97. The molecule has 0 spiro atoms. The molecule has 0 radical (unpaired) electrons. The summed E-state index contributed by atoms with van der Waals surface area (Å²) in [6, 6.07) is 7.99. The number of carboxylic acids is 1. The summed E-state index contributed by atoms with van der Waals surface area (Å²) in [5.41, 5.74) is 0.556. The van der Waals surface area contributed by atoms with Gasteiger partial charge in [0.05, 0.1) is 5.75 Å². The molecule has 0 aromatic heterocycles. The van der Waals surface area contributed by atoms with Gasteiger partial charge in [0.15, 0.2) is 0 Å². The minimum absolute atomic E-state index is 0.0304. The van der Waals surface area contributed by atoms with Crippen molar-refractivity contribution < 1.29 is 19.5 Å². The highest BCUT2D eigenvalue weighted by molar-refractivity contribution is 8.14. The van der Waals surface area contributed by atoms with Gasteiger partial charge >= 0.3 is 5.97 Å². The fourth-order valence-corrected chi connectivity index (χ4v) is 2.47. The number of benzene rings is 1. The van der Waals surface area contributed by atoms with Crippen LogP contribution in [0.15, 0.2) is 30.3 Å². The molecule has 0 saturated carbocycles. The summed E-state index contributed by atoms with van der Waals surface area (Å²) in [4.78, 5) is 34.1. The summed E-state index contributed by atoms with van der Waals surface area (Å²) in [7, 11) is 0. The Morgan fingerprint density at radius 1 is 1.18 bits per heavy atom. The van der Waals surface area contributed by atoms with Crippen molar-refractivity contribution in [1.82, 2.24) is 10.6 Å². The van der Waals surface area contributed by atoms with E-state index in [9.17, 15) is 14.4 Å². The maximum Gasteiger partial charge on any atom is 0.321 e. The van der Waals surface area contributed by atoms with E-state index < -0.39 is 12.0 Å². The number of carbonyl (C=O) groups is 3. The Kier molecular flexibility index (Phi) is 8.64. The molecule has 0 aliphatic rings. The molecule has 6 nitrogen and oxygen atoms in total. The van der Waals surface area contributed by atoms with Crippen molar-refractivity contribution in [1.29, 1.82) is 0 Å². The lowest BCUT2D eigenvalue weighted by Gasteiger charge is -2.11. The van der Waals surface area contributed by atoms with Gasteiger partial charge in [-0.15, -0.1) is 0 Å². The smallest absolute Gasteiger partial charge is 0.321 e. The number of thiol groups is 1. The van der Waals surface area contributed by atoms with Crippen LogP contribution in [0.2, 0.25) is 0 Å². The zero-order valence-electron chi connectivity index (χ0n) is 11.8. The summed E-state index contributed by atoms with van der Waals surface area (Å²) in [6.07, 6.45) is 0. The van der Waals surface area contributed by atoms with Crippen LogP contribution in [0.25, 0.3) is 0 Å². The molecular weight excluding hydrogens is 324 g/mol. The highest BCUT2D eigenvalue weighted by Crippen LogP contribution is 2.11. The van der Waals surface area contributed by atoms with Gasteiger partial charge in [0.25, 0.3) is 0 Å². The summed E-state index contributed by atoms with van der Waals surface area (Å²) in [5, 5.41) is 14.0. The van der Waals surface area contributed by atoms with Gasteiger partial charge in [-0.1, -0.05) is 42.1 Å². The number of amides is 1. The largest absolute Gasteiger partial charge is 0.480 e. The predicted octanol–water partition coefficient (Wildman–Crippen LogP) is 0.649. The topological polar surface area (TPSA) is 95.5 Å². The molecule has 0 heterocycles. The molecule has 120 valence electrons. The van der Waals surface area contributed by atoms with Crippen molar-refractivity contribution in [2.24, 2.45) is 0 Å². The van der Waals surface area contributed by atoms with E-state index >= 15 is 0 Å². The van der Waals surface area contributed by atoms with Gasteiger partial charge in [0, 0.05) is 24.4 Å². The zero-order chi connectivity index (χ0) is 16.4. The van der Waals surface area contributed by atoms with Crippen LogP contribution in [0.1, 0.15) is 10.4 Å². The van der Waals surface area contributed by atoms with Gasteiger partial charge in [-0.3, -0.25) is 14.4 Å². The SMILES string of the molecule is O=C(CSC(=O)c1ccccc1)NCCN[C@@H](CS)C(=O)O. The van der Waals surface area contributed by atoms with Gasteiger partial charge in [-0.2, -0.15) is 12.6 Å². The van der Waals surface area contributed by atoms with E-state index in [1.165, 1.54) is 0 Å². The first-order chi connectivity index (χ1) is 10.5. The highest BCUT2D eigenvalue weighted by Gasteiger charge is 2.14. The Balaban J connectivity index is 2.19. The maximum absolute atomic E-state index is 11.8. The molecule has 0 fully saturated rings. The van der Waals surface area contributed by atoms with Crippen LogP contribution in [0.5, 0.6) is 0 Å². The predicted molar refractivity (Wildman–Crippen MR) is 89.5 cm³/mol. The summed E-state index contributed by atoms with van der Waals surface area (Å²) < 4.78 is 0. The first-order valence-corrected chi connectivity index (χ1v) is 8.22. The number of carbonyl (C=O) groups excluding carboxylic acids is 2. The van der Waals surface area contributed by atoms with Crippen molar-refractivity contribution in [3.63, 3.8) is 0 Å². The van der Waals surface area contributed by atoms with Gasteiger partial charge < -0.3 is 15.7 Å². The molecule has 0 aliphatic carbocycles. The van der Waals surface area contributed by atoms with E-state index in [-0.39, 0.29) is 29.1 Å². The van der Waals surface area contributed by atoms with Gasteiger partial charge in [-0.05, 0) is 0 Å². The molecule has 1 atom stereocenters. The number of hydrogen-bond acceptors (Lipinski definition) is 6. The Bertz CT molecular complexity index is 511. The van der Waals surface area contributed by atoms with Crippen molar-refractivity contribution in [2.75, 3.05) is 24.6 Å². The van der Waals surface area contributed by atoms with Crippen molar-refractivity contribution >= 4 is 41.4 Å². The van der Waals surface area contributed by atoms with Crippen LogP contribution in [-0.2, 0) is 9.59 Å². The molecule has 0 saturated heterocycles. The number of nitrogens with one attached hydrogen (secondary N) is 2. The van der Waals surface area contributed by atoms with Crippen LogP contribution in [0.3, 0.4) is 0 Å². The first kappa shape index (κ1) is 18.5. The second kappa shape index (κ2) is 10.3. The average molecular weight is 342 g/mol. The second-order valence-corrected chi connectivity index (χ2v) is 5.63. The monoisotopic (exact) mass is 342 g/mol. The zero-order valence-corrected chi connectivity index (χ0v) is 13.5. The highest BCUT2D eigenvalue weighted by atomic mass is 32.2. The Labute approximate surface area is 138 Å². The summed E-state index contributed by atoms with van der Waals surface area (Å²) in [5.74, 6) is -1.05. The molecule has 1 aromatic carbocycles. The number of aliphatic carboxylic acids is 1. The fraction of sp³-hybridized carbons (Fsp3) is 0.357. The van der Waals surface area contributed by atoms with Gasteiger partial charge in [-0.25, -0.2) is 0 Å². The molecule has 8 heteroatoms. The maximum atomic E-state index is 11.8. The number of hydrogen-bond donors (Lipinski definition) is 4. The molecule has 1 rings (SSSR count). The van der Waals surface area contributed by atoms with Crippen LogP contribution in [0.4, 0.5) is 0 Å². The molecule has 0 aliphatic heterocycles. The van der Waals surface area contributed by atoms with E-state index in [1.54, 1.807) is 24.3 Å². The standard InChI is InChI=1S/C14H18N2O4S2/c17-12(16-7-6-15-11(8-21)13(18)19)9-22-14(20)10-4-2-1-3-5-10/h1-5,11,15,21H,6-9H2,(H,16,17)(H,18,19)/t11-/m0/s1. The van der Waals surface area contributed by atoms with E-state index in [1.807, 2.05) is 6.07 Å². The van der Waals surface area contributed by atoms with Gasteiger partial charge in [0.1, 0.15) is 6.04 Å². The van der Waals surface area contributed by atoms with E-state index in [2.05, 4.69) is 23.3 Å². The normalized spacial score (nSPS) is 11.7. The van der Waals surface area contributed by atoms with Crippen LogP contribution in [-0.4, -0.2) is 52.7 Å². The average Bonchev–Trinajstić information content (AvgIpc) is 2.53. The molecule has 0 bridgehead atoms. The lowest BCUT2D eigenvalue weighted by molar-refractivity contribution is -0.138. The van der Waals surface area contributed by atoms with E-state index in [4.69, 9.17) is 5.11 Å². The van der Waals surface area contributed by atoms with Crippen LogP contribution in [0, 0.1) is 0 Å². The number of carboxylic acid groups (broad SMARTS) is 1. The fourth-order valence-electron chi connectivity index (χ4n) is 1.52. The van der Waals surface area contributed by atoms with Crippen LogP contribution < -0.4 is 10.6 Å². The molecule has 0 unspecified atom stereocenters. The lowest BCUT2D eigenvalue weighted by atomic mass is 10.2. The van der Waals surface area contributed by atoms with Crippen molar-refractivity contribution in [2.45, 2.75) is 6.04 Å². The Morgan fingerprint density at radius 2 is 1.86 bits per heavy atom. The first-order valence-electron chi connectivity index (χ1n) is 6.60. The summed E-state index contributed by atoms with van der Waals surface area (Å²) in [6.45, 7) is 0.608. The molecule has 1 amide bonds. The number of rotatable bonds is 9. The Morgan fingerprint density at radius 3 is 2.45 bits per heavy atom. The van der Waals surface area contributed by atoms with E-state index in [0.29, 0.717) is 12.1 Å². The molecule has 1 aromatic rings. The number of thioether (sulfide) groups is 1. The van der Waals surface area contributed by atoms with Gasteiger partial charge in [0.2, 0.25) is 11.0 Å². The third-order valence-corrected chi connectivity index (χ3v) is 3.93. The Hall–Kier alpha value is -1.51. The van der Waals surface area contributed by atoms with Crippen molar-refractivity contribution in [3.8, 4) is 0 Å². The van der Waals surface area contributed by atoms with Crippen LogP contribution >= 0.6 is 24.4 Å². The molecule has 22 heavy (non-hydrogen) atoms. The minimum Gasteiger partial charge on any atom is -0.480 e. The molecule has 3 N–H and O–H groups in total. The quantitative estimate of drug-likeness (QED) is 0.389.